The van der Waals surface area contributed by atoms with Gasteiger partial charge in [0.25, 0.3) is 0 Å². The van der Waals surface area contributed by atoms with Crippen LogP contribution in [-0.4, -0.2) is 45.7 Å². The Bertz CT molecular complexity index is 1150. The van der Waals surface area contributed by atoms with E-state index < -0.39 is 20.0 Å². The number of ether oxygens (including phenoxy) is 2. The molecule has 6 nitrogen and oxygen atoms in total. The zero-order valence-corrected chi connectivity index (χ0v) is 23.2. The molecule has 0 aliphatic carbocycles. The van der Waals surface area contributed by atoms with E-state index in [9.17, 15) is 13.2 Å². The number of anilines is 2. The highest BCUT2D eigenvalue weighted by Crippen LogP contribution is 2.45. The number of rotatable bonds is 9. The van der Waals surface area contributed by atoms with Gasteiger partial charge in [-0.3, -0.25) is 4.79 Å². The second kappa shape index (κ2) is 10.8. The Morgan fingerprint density at radius 3 is 2.46 bits per heavy atom. The molecule has 0 fully saturated rings. The zero-order chi connectivity index (χ0) is 25.9. The van der Waals surface area contributed by atoms with Crippen LogP contribution in [0.3, 0.4) is 0 Å². The molecule has 1 heterocycles. The molecule has 35 heavy (non-hydrogen) atoms. The van der Waals surface area contributed by atoms with Gasteiger partial charge in [0.2, 0.25) is 0 Å². The number of carbonyl (C=O) groups is 1. The van der Waals surface area contributed by atoms with Gasteiger partial charge in [0.15, 0.2) is 9.84 Å². The summed E-state index contributed by atoms with van der Waals surface area (Å²) in [4.78, 5) is 14.6. The molecule has 1 unspecified atom stereocenters. The number of carbonyl (C=O) groups excluding carboxylic acids is 1. The Morgan fingerprint density at radius 2 is 1.86 bits per heavy atom. The van der Waals surface area contributed by atoms with Gasteiger partial charge in [0.1, 0.15) is 10.5 Å². The first kappa shape index (κ1) is 27.4. The van der Waals surface area contributed by atoms with Crippen molar-refractivity contribution < 1.29 is 22.7 Å². The van der Waals surface area contributed by atoms with Crippen LogP contribution in [0.4, 0.5) is 11.4 Å². The van der Waals surface area contributed by atoms with Gasteiger partial charge >= 0.3 is 5.97 Å². The Labute approximate surface area is 214 Å². The van der Waals surface area contributed by atoms with Crippen molar-refractivity contribution in [1.82, 2.24) is 0 Å². The summed E-state index contributed by atoms with van der Waals surface area (Å²) in [5.74, 6) is 0.770. The molecule has 2 aromatic rings. The molecule has 1 aliphatic rings. The number of unbranched alkanes of at least 4 members (excludes halogenated alkanes) is 1. The summed E-state index contributed by atoms with van der Waals surface area (Å²) in [6.45, 7) is 8.40. The lowest BCUT2D eigenvalue weighted by Gasteiger charge is -2.34. The van der Waals surface area contributed by atoms with E-state index in [1.165, 1.54) is 18.9 Å². The maximum Gasteiger partial charge on any atom is 0.321 e. The summed E-state index contributed by atoms with van der Waals surface area (Å²) in [7, 11) is -0.621. The lowest BCUT2D eigenvalue weighted by atomic mass is 9.86. The molecule has 1 aliphatic heterocycles. The van der Waals surface area contributed by atoms with E-state index in [0.29, 0.717) is 28.6 Å². The fourth-order valence-electron chi connectivity index (χ4n) is 4.56. The third kappa shape index (κ3) is 6.15. The van der Waals surface area contributed by atoms with Crippen molar-refractivity contribution in [3.63, 3.8) is 0 Å². The number of fused-ring (bicyclic) bond motifs is 1. The fraction of sp³-hybridized carbons (Fsp3) is 0.519. The minimum Gasteiger partial charge on any atom is -0.496 e. The van der Waals surface area contributed by atoms with E-state index >= 15 is 0 Å². The number of esters is 1. The van der Waals surface area contributed by atoms with Crippen molar-refractivity contribution in [1.29, 1.82) is 0 Å². The predicted octanol–water partition coefficient (Wildman–Crippen LogP) is 6.00. The van der Waals surface area contributed by atoms with Crippen molar-refractivity contribution >= 4 is 38.9 Å². The van der Waals surface area contributed by atoms with Gasteiger partial charge in [0, 0.05) is 29.6 Å². The van der Waals surface area contributed by atoms with Gasteiger partial charge in [-0.2, -0.15) is 0 Å². The summed E-state index contributed by atoms with van der Waals surface area (Å²) in [5, 5.41) is 0. The first-order valence-electron chi connectivity index (χ1n) is 11.9. The Hall–Kier alpha value is -2.19. The molecule has 192 valence electrons. The minimum atomic E-state index is -3.58. The van der Waals surface area contributed by atoms with Gasteiger partial charge in [0.05, 0.1) is 30.6 Å². The van der Waals surface area contributed by atoms with Crippen LogP contribution < -0.4 is 9.64 Å². The van der Waals surface area contributed by atoms with Crippen LogP contribution in [0.15, 0.2) is 47.4 Å². The molecule has 0 amide bonds. The summed E-state index contributed by atoms with van der Waals surface area (Å²) in [5.41, 5.74) is 1.92. The number of benzene rings is 2. The van der Waals surface area contributed by atoms with Crippen molar-refractivity contribution in [2.24, 2.45) is 5.41 Å². The fourth-order valence-corrected chi connectivity index (χ4v) is 7.62. The maximum atomic E-state index is 13.8. The molecule has 0 saturated carbocycles. The van der Waals surface area contributed by atoms with E-state index in [0.717, 1.165) is 30.5 Å². The molecule has 0 N–H and O–H groups in total. The predicted molar refractivity (Wildman–Crippen MR) is 144 cm³/mol. The van der Waals surface area contributed by atoms with E-state index in [2.05, 4.69) is 18.7 Å². The van der Waals surface area contributed by atoms with E-state index in [-0.39, 0.29) is 11.7 Å². The van der Waals surface area contributed by atoms with Crippen LogP contribution in [0.5, 0.6) is 5.75 Å². The van der Waals surface area contributed by atoms with Gasteiger partial charge in [-0.1, -0.05) is 44.9 Å². The van der Waals surface area contributed by atoms with Crippen molar-refractivity contribution in [3.05, 3.63) is 48.0 Å². The maximum absolute atomic E-state index is 13.8. The van der Waals surface area contributed by atoms with Crippen LogP contribution in [0.25, 0.3) is 0 Å². The van der Waals surface area contributed by atoms with Crippen LogP contribution in [0.1, 0.15) is 52.5 Å². The smallest absolute Gasteiger partial charge is 0.321 e. The second-order valence-corrected chi connectivity index (χ2v) is 13.6. The number of sulfone groups is 1. The number of methoxy groups -OCH3 is 2. The summed E-state index contributed by atoms with van der Waals surface area (Å²) >= 11 is 1.40. The van der Waals surface area contributed by atoms with E-state index in [1.54, 1.807) is 27.0 Å². The SMILES string of the molecule is CCCCC1(C)CN(c2ccccc2)c2cc(OC)c(CSC(C)(C)C(=O)OC)cc2S(=O)(=O)C1. The third-order valence-corrected chi connectivity index (χ3v) is 9.95. The Kier molecular flexibility index (Phi) is 8.48. The largest absolute Gasteiger partial charge is 0.496 e. The lowest BCUT2D eigenvalue weighted by molar-refractivity contribution is -0.142. The van der Waals surface area contributed by atoms with Crippen molar-refractivity contribution in [2.45, 2.75) is 62.4 Å². The monoisotopic (exact) mass is 519 g/mol. The minimum absolute atomic E-state index is 0.0862. The van der Waals surface area contributed by atoms with Crippen LogP contribution >= 0.6 is 11.8 Å². The topological polar surface area (TPSA) is 72.9 Å². The van der Waals surface area contributed by atoms with Crippen molar-refractivity contribution in [3.8, 4) is 5.75 Å². The quantitative estimate of drug-likeness (QED) is 0.376. The first-order valence-corrected chi connectivity index (χ1v) is 14.6. The summed E-state index contributed by atoms with van der Waals surface area (Å²) in [6.07, 6.45) is 2.81. The van der Waals surface area contributed by atoms with Crippen LogP contribution in [-0.2, 0) is 25.1 Å². The van der Waals surface area contributed by atoms with Gasteiger partial charge < -0.3 is 14.4 Å². The number of thioether (sulfide) groups is 1. The summed E-state index contributed by atoms with van der Waals surface area (Å²) < 4.78 is 37.5. The molecule has 8 heteroatoms. The van der Waals surface area contributed by atoms with Crippen molar-refractivity contribution in [2.75, 3.05) is 31.4 Å². The van der Waals surface area contributed by atoms with E-state index in [1.807, 2.05) is 36.4 Å². The molecule has 0 radical (unpaired) electrons. The number of hydrogen-bond acceptors (Lipinski definition) is 7. The number of para-hydroxylation sites is 1. The highest BCUT2D eigenvalue weighted by atomic mass is 32.2. The van der Waals surface area contributed by atoms with E-state index in [4.69, 9.17) is 9.47 Å². The lowest BCUT2D eigenvalue weighted by Crippen LogP contribution is -2.35. The number of nitrogens with zero attached hydrogens (tertiary/aromatic N) is 1. The Morgan fingerprint density at radius 1 is 1.17 bits per heavy atom. The molecule has 1 atom stereocenters. The molecule has 0 saturated heterocycles. The summed E-state index contributed by atoms with van der Waals surface area (Å²) in [6, 6.07) is 13.5. The van der Waals surface area contributed by atoms with Gasteiger partial charge in [-0.15, -0.1) is 11.8 Å². The highest BCUT2D eigenvalue weighted by Gasteiger charge is 2.40. The van der Waals surface area contributed by atoms with Gasteiger partial charge in [-0.05, 0) is 43.9 Å². The van der Waals surface area contributed by atoms with Gasteiger partial charge in [-0.25, -0.2) is 8.42 Å². The van der Waals surface area contributed by atoms with Crippen LogP contribution in [0.2, 0.25) is 0 Å². The second-order valence-electron chi connectivity index (χ2n) is 10.0. The molecule has 0 aromatic heterocycles. The highest BCUT2D eigenvalue weighted by molar-refractivity contribution is 8.00. The zero-order valence-electron chi connectivity index (χ0n) is 21.6. The molecule has 3 rings (SSSR count). The average molecular weight is 520 g/mol. The molecular weight excluding hydrogens is 482 g/mol. The Balaban J connectivity index is 2.14. The molecule has 2 aromatic carbocycles. The standard InChI is InChI=1S/C27H37NO5S2/c1-7-8-14-27(4)18-28(21-12-10-9-11-13-21)22-16-23(32-5)20(15-24(22)35(30,31)19-27)17-34-26(2,3)25(29)33-6/h9-13,15-16H,7-8,14,17-19H2,1-6H3. The molecular formula is C27H37NO5S2. The third-order valence-electron chi connectivity index (χ3n) is 6.53. The number of hydrogen-bond donors (Lipinski definition) is 0. The normalized spacial score (nSPS) is 19.5. The molecule has 0 bridgehead atoms. The average Bonchev–Trinajstić information content (AvgIpc) is 2.92. The first-order chi connectivity index (χ1) is 16.5. The molecule has 0 spiro atoms. The van der Waals surface area contributed by atoms with Crippen LogP contribution in [0, 0.1) is 5.41 Å².